The summed E-state index contributed by atoms with van der Waals surface area (Å²) in [5.74, 6) is -0.850. The number of oxazole rings is 1. The Bertz CT molecular complexity index is 1060. The molecule has 0 bridgehead atoms. The van der Waals surface area contributed by atoms with E-state index in [1.54, 1.807) is 49.1 Å². The minimum atomic E-state index is -0.558. The number of hydrogen-bond donors (Lipinski definition) is 2. The third-order valence-corrected chi connectivity index (χ3v) is 3.37. The van der Waals surface area contributed by atoms with Gasteiger partial charge >= 0.3 is 5.76 Å². The van der Waals surface area contributed by atoms with Gasteiger partial charge in [-0.1, -0.05) is 6.07 Å². The topological polar surface area (TPSA) is 92.4 Å². The fourth-order valence-electron chi connectivity index (χ4n) is 2.33. The van der Waals surface area contributed by atoms with E-state index in [0.29, 0.717) is 22.4 Å². The number of nitrogens with zero attached hydrogens (tertiary/aromatic N) is 2. The van der Waals surface area contributed by atoms with Crippen molar-refractivity contribution in [2.24, 2.45) is 0 Å². The van der Waals surface area contributed by atoms with E-state index < -0.39 is 5.76 Å². The Hall–Kier alpha value is -3.35. The van der Waals surface area contributed by atoms with Gasteiger partial charge in [-0.05, 0) is 24.3 Å². The lowest BCUT2D eigenvalue weighted by Crippen LogP contribution is -2.12. The molecule has 0 aliphatic carbocycles. The number of aromatic amines is 1. The van der Waals surface area contributed by atoms with Gasteiger partial charge in [0.25, 0.3) is 5.91 Å². The molecule has 4 aromatic rings. The van der Waals surface area contributed by atoms with Crippen molar-refractivity contribution in [1.82, 2.24) is 14.4 Å². The molecule has 2 N–H and O–H groups in total. The van der Waals surface area contributed by atoms with Crippen LogP contribution in [0.2, 0.25) is 0 Å². The largest absolute Gasteiger partial charge is 0.417 e. The van der Waals surface area contributed by atoms with Crippen LogP contribution in [0.25, 0.3) is 16.6 Å². The second-order valence-electron chi connectivity index (χ2n) is 4.79. The first-order valence-electron chi connectivity index (χ1n) is 6.55. The number of H-pyrrole nitrogens is 1. The van der Waals surface area contributed by atoms with Gasteiger partial charge in [0.1, 0.15) is 0 Å². The van der Waals surface area contributed by atoms with E-state index in [1.165, 1.54) is 0 Å². The Kier molecular flexibility index (Phi) is 2.59. The van der Waals surface area contributed by atoms with Crippen molar-refractivity contribution in [3.8, 4) is 0 Å². The Morgan fingerprint density at radius 2 is 2.23 bits per heavy atom. The van der Waals surface area contributed by atoms with Gasteiger partial charge in [0.15, 0.2) is 5.58 Å². The van der Waals surface area contributed by atoms with Crippen LogP contribution in [0.4, 0.5) is 5.69 Å². The molecule has 1 aromatic carbocycles. The third-order valence-electron chi connectivity index (χ3n) is 3.37. The monoisotopic (exact) mass is 294 g/mol. The molecule has 0 spiro atoms. The number of nitrogens with one attached hydrogen (secondary N) is 2. The van der Waals surface area contributed by atoms with Gasteiger partial charge in [0.05, 0.1) is 29.2 Å². The van der Waals surface area contributed by atoms with E-state index in [0.717, 1.165) is 5.52 Å². The molecule has 7 nitrogen and oxygen atoms in total. The number of imidazole rings is 1. The fraction of sp³-hybridized carbons (Fsp3) is 0. The minimum absolute atomic E-state index is 0.292. The summed E-state index contributed by atoms with van der Waals surface area (Å²) in [5.41, 5.74) is 2.61. The standard InChI is InChI=1S/C15H10N4O3/c20-14(9-4-5-19-8-16-7-10(19)6-9)17-11-2-1-3-12-13(11)22-15(21)18-12/h1-8H,(H,17,20)(H,18,21). The van der Waals surface area contributed by atoms with Crippen LogP contribution in [0.1, 0.15) is 10.4 Å². The van der Waals surface area contributed by atoms with Gasteiger partial charge in [-0.25, -0.2) is 9.78 Å². The van der Waals surface area contributed by atoms with Gasteiger partial charge in [-0.3, -0.25) is 9.78 Å². The molecule has 4 rings (SSSR count). The van der Waals surface area contributed by atoms with Crippen molar-refractivity contribution >= 4 is 28.2 Å². The van der Waals surface area contributed by atoms with Crippen molar-refractivity contribution in [2.75, 3.05) is 5.32 Å². The number of hydrogen-bond acceptors (Lipinski definition) is 4. The van der Waals surface area contributed by atoms with E-state index >= 15 is 0 Å². The minimum Gasteiger partial charge on any atom is -0.406 e. The molecule has 3 heterocycles. The number of anilines is 1. The molecule has 0 aliphatic heterocycles. The Morgan fingerprint density at radius 1 is 1.32 bits per heavy atom. The Morgan fingerprint density at radius 3 is 3.14 bits per heavy atom. The first kappa shape index (κ1) is 12.4. The maximum atomic E-state index is 12.4. The first-order chi connectivity index (χ1) is 10.7. The predicted octanol–water partition coefficient (Wildman–Crippen LogP) is 2.02. The SMILES string of the molecule is O=C(Nc1cccc2[nH]c(=O)oc12)c1ccn2cncc2c1. The summed E-state index contributed by atoms with van der Waals surface area (Å²) in [7, 11) is 0. The highest BCUT2D eigenvalue weighted by Gasteiger charge is 2.12. The fourth-order valence-corrected chi connectivity index (χ4v) is 2.33. The van der Waals surface area contributed by atoms with Gasteiger partial charge in [0, 0.05) is 11.8 Å². The molecule has 0 radical (unpaired) electrons. The average molecular weight is 294 g/mol. The molecule has 22 heavy (non-hydrogen) atoms. The zero-order valence-corrected chi connectivity index (χ0v) is 11.2. The summed E-state index contributed by atoms with van der Waals surface area (Å²) in [4.78, 5) is 30.2. The number of carbonyl (C=O) groups excluding carboxylic acids is 1. The van der Waals surface area contributed by atoms with Crippen LogP contribution >= 0.6 is 0 Å². The van der Waals surface area contributed by atoms with Crippen molar-refractivity contribution < 1.29 is 9.21 Å². The number of pyridine rings is 1. The van der Waals surface area contributed by atoms with Crippen LogP contribution in [0.5, 0.6) is 0 Å². The van der Waals surface area contributed by atoms with Crippen LogP contribution in [-0.4, -0.2) is 20.3 Å². The summed E-state index contributed by atoms with van der Waals surface area (Å²) in [5, 5.41) is 2.75. The van der Waals surface area contributed by atoms with E-state index in [1.807, 2.05) is 4.40 Å². The molecule has 7 heteroatoms. The number of aromatic nitrogens is 3. The summed E-state index contributed by atoms with van der Waals surface area (Å²) in [6.07, 6.45) is 5.09. The van der Waals surface area contributed by atoms with Crippen LogP contribution in [0.15, 0.2) is 58.3 Å². The van der Waals surface area contributed by atoms with Crippen molar-refractivity contribution in [3.05, 3.63) is 65.2 Å². The number of fused-ring (bicyclic) bond motifs is 2. The summed E-state index contributed by atoms with van der Waals surface area (Å²) < 4.78 is 6.86. The van der Waals surface area contributed by atoms with E-state index in [-0.39, 0.29) is 5.91 Å². The summed E-state index contributed by atoms with van der Waals surface area (Å²) in [6, 6.07) is 8.53. The van der Waals surface area contributed by atoms with E-state index in [9.17, 15) is 9.59 Å². The Labute approximate surface area is 123 Å². The van der Waals surface area contributed by atoms with Crippen LogP contribution in [0.3, 0.4) is 0 Å². The van der Waals surface area contributed by atoms with Crippen molar-refractivity contribution in [2.45, 2.75) is 0 Å². The molecular weight excluding hydrogens is 284 g/mol. The number of carbonyl (C=O) groups is 1. The number of amides is 1. The van der Waals surface area contributed by atoms with Crippen LogP contribution in [0, 0.1) is 0 Å². The highest BCUT2D eigenvalue weighted by molar-refractivity contribution is 6.08. The first-order valence-corrected chi connectivity index (χ1v) is 6.55. The van der Waals surface area contributed by atoms with Crippen molar-refractivity contribution in [1.29, 1.82) is 0 Å². The lowest BCUT2D eigenvalue weighted by Gasteiger charge is -2.06. The second kappa shape index (κ2) is 4.59. The maximum Gasteiger partial charge on any atom is 0.417 e. The molecule has 0 fully saturated rings. The zero-order chi connectivity index (χ0) is 15.1. The average Bonchev–Trinajstić information content (AvgIpc) is 3.12. The van der Waals surface area contributed by atoms with Gasteiger partial charge in [0.2, 0.25) is 0 Å². The summed E-state index contributed by atoms with van der Waals surface area (Å²) >= 11 is 0. The lowest BCUT2D eigenvalue weighted by atomic mass is 10.2. The van der Waals surface area contributed by atoms with Gasteiger partial charge in [-0.2, -0.15) is 0 Å². The highest BCUT2D eigenvalue weighted by atomic mass is 16.4. The molecule has 0 unspecified atom stereocenters. The molecule has 0 saturated heterocycles. The Balaban J connectivity index is 1.72. The highest BCUT2D eigenvalue weighted by Crippen LogP contribution is 2.21. The third kappa shape index (κ3) is 1.96. The van der Waals surface area contributed by atoms with Crippen molar-refractivity contribution in [3.63, 3.8) is 0 Å². The number of benzene rings is 1. The predicted molar refractivity (Wildman–Crippen MR) is 80.0 cm³/mol. The molecule has 0 saturated carbocycles. The van der Waals surface area contributed by atoms with Gasteiger partial charge < -0.3 is 14.1 Å². The second-order valence-corrected chi connectivity index (χ2v) is 4.79. The lowest BCUT2D eigenvalue weighted by molar-refractivity contribution is 0.102. The molecule has 108 valence electrons. The number of para-hydroxylation sites is 1. The molecular formula is C15H10N4O3. The summed E-state index contributed by atoms with van der Waals surface area (Å²) in [6.45, 7) is 0. The van der Waals surface area contributed by atoms with Crippen LogP contribution < -0.4 is 11.1 Å². The van der Waals surface area contributed by atoms with E-state index in [2.05, 4.69) is 15.3 Å². The smallest absolute Gasteiger partial charge is 0.406 e. The molecule has 0 atom stereocenters. The van der Waals surface area contributed by atoms with E-state index in [4.69, 9.17) is 4.42 Å². The maximum absolute atomic E-state index is 12.4. The quantitative estimate of drug-likeness (QED) is 0.591. The molecule has 0 aliphatic rings. The molecule has 1 amide bonds. The van der Waals surface area contributed by atoms with Gasteiger partial charge in [-0.15, -0.1) is 0 Å². The normalized spacial score (nSPS) is 11.1. The zero-order valence-electron chi connectivity index (χ0n) is 11.2. The van der Waals surface area contributed by atoms with Crippen LogP contribution in [-0.2, 0) is 0 Å². The molecule has 3 aromatic heterocycles. The number of rotatable bonds is 2.